The van der Waals surface area contributed by atoms with E-state index in [1.807, 2.05) is 19.4 Å². The second kappa shape index (κ2) is 5.32. The smallest absolute Gasteiger partial charge is 0.0380 e. The van der Waals surface area contributed by atoms with Gasteiger partial charge in [-0.25, -0.2) is 0 Å². The molecule has 0 saturated carbocycles. The van der Waals surface area contributed by atoms with Gasteiger partial charge < -0.3 is 10.2 Å². The van der Waals surface area contributed by atoms with E-state index in [0.29, 0.717) is 0 Å². The van der Waals surface area contributed by atoms with Gasteiger partial charge in [-0.15, -0.1) is 0 Å². The highest BCUT2D eigenvalue weighted by Gasteiger charge is 1.87. The van der Waals surface area contributed by atoms with Crippen LogP contribution in [0.3, 0.4) is 0 Å². The van der Waals surface area contributed by atoms with Gasteiger partial charge in [-0.05, 0) is 26.0 Å². The molecule has 1 aromatic carbocycles. The molecular formula is C12H18N2. The number of nitrogens with zero attached hydrogens (tertiary/aromatic N) is 1. The Morgan fingerprint density at radius 2 is 1.93 bits per heavy atom. The van der Waals surface area contributed by atoms with E-state index in [1.54, 1.807) is 0 Å². The minimum atomic E-state index is 1.02. The van der Waals surface area contributed by atoms with E-state index in [0.717, 1.165) is 12.2 Å². The van der Waals surface area contributed by atoms with Crippen LogP contribution in [-0.2, 0) is 0 Å². The molecule has 2 nitrogen and oxygen atoms in total. The fraction of sp³-hybridized carbons (Fsp3) is 0.333. The largest absolute Gasteiger partial charge is 0.380 e. The lowest BCUT2D eigenvalue weighted by atomic mass is 10.2. The lowest BCUT2D eigenvalue weighted by Crippen LogP contribution is -2.09. The second-order valence-corrected chi connectivity index (χ2v) is 3.40. The topological polar surface area (TPSA) is 15.3 Å². The van der Waals surface area contributed by atoms with Crippen LogP contribution in [0.4, 0.5) is 5.69 Å². The van der Waals surface area contributed by atoms with Crippen molar-refractivity contribution in [3.63, 3.8) is 0 Å². The molecule has 14 heavy (non-hydrogen) atoms. The molecule has 1 aromatic rings. The van der Waals surface area contributed by atoms with Crippen molar-refractivity contribution in [2.24, 2.45) is 0 Å². The Bertz CT molecular complexity index is 288. The van der Waals surface area contributed by atoms with E-state index < -0.39 is 0 Å². The lowest BCUT2D eigenvalue weighted by molar-refractivity contribution is 0.483. The summed E-state index contributed by atoms with van der Waals surface area (Å²) in [6, 6.07) is 8.34. The monoisotopic (exact) mass is 190 g/mol. The highest BCUT2D eigenvalue weighted by atomic mass is 15.1. The summed E-state index contributed by atoms with van der Waals surface area (Å²) in [5.74, 6) is 0. The fourth-order valence-electron chi connectivity index (χ4n) is 1.02. The molecule has 0 aliphatic rings. The number of rotatable bonds is 4. The third-order valence-electron chi connectivity index (χ3n) is 2.13. The summed E-state index contributed by atoms with van der Waals surface area (Å²) >= 11 is 0. The van der Waals surface area contributed by atoms with E-state index in [9.17, 15) is 0 Å². The molecule has 0 spiro atoms. The zero-order chi connectivity index (χ0) is 10.4. The van der Waals surface area contributed by atoms with Gasteiger partial charge in [0, 0.05) is 31.7 Å². The quantitative estimate of drug-likeness (QED) is 0.785. The van der Waals surface area contributed by atoms with Crippen molar-refractivity contribution in [1.29, 1.82) is 0 Å². The molecule has 0 aliphatic carbocycles. The molecule has 0 saturated heterocycles. The van der Waals surface area contributed by atoms with Gasteiger partial charge in [0.25, 0.3) is 0 Å². The summed E-state index contributed by atoms with van der Waals surface area (Å²) in [4.78, 5) is 2.11. The molecule has 0 atom stereocenters. The Kier molecular flexibility index (Phi) is 4.05. The molecule has 76 valence electrons. The molecule has 0 amide bonds. The molecule has 0 fully saturated rings. The van der Waals surface area contributed by atoms with Gasteiger partial charge in [-0.2, -0.15) is 0 Å². The molecule has 0 aromatic heterocycles. The Labute approximate surface area is 86.2 Å². The summed E-state index contributed by atoms with van der Waals surface area (Å²) in [5.41, 5.74) is 2.40. The maximum atomic E-state index is 3.21. The maximum Gasteiger partial charge on any atom is 0.0380 e. The van der Waals surface area contributed by atoms with Crippen molar-refractivity contribution in [2.45, 2.75) is 13.8 Å². The first kappa shape index (κ1) is 10.6. The zero-order valence-electron chi connectivity index (χ0n) is 9.12. The van der Waals surface area contributed by atoms with Crippen molar-refractivity contribution in [3.05, 3.63) is 42.2 Å². The second-order valence-electron chi connectivity index (χ2n) is 3.40. The van der Waals surface area contributed by atoms with Crippen LogP contribution in [0.15, 0.2) is 36.7 Å². The number of anilines is 1. The van der Waals surface area contributed by atoms with E-state index in [4.69, 9.17) is 0 Å². The van der Waals surface area contributed by atoms with Crippen LogP contribution in [0, 0.1) is 6.92 Å². The summed E-state index contributed by atoms with van der Waals surface area (Å²) in [5, 5.41) is 3.21. The Morgan fingerprint density at radius 1 is 1.29 bits per heavy atom. The van der Waals surface area contributed by atoms with Gasteiger partial charge in [0.1, 0.15) is 0 Å². The lowest BCUT2D eigenvalue weighted by Gasteiger charge is -2.09. The molecule has 2 heteroatoms. The van der Waals surface area contributed by atoms with Crippen LogP contribution in [0.2, 0.25) is 0 Å². The molecule has 1 N–H and O–H groups in total. The van der Waals surface area contributed by atoms with E-state index in [2.05, 4.69) is 48.3 Å². The van der Waals surface area contributed by atoms with Crippen molar-refractivity contribution in [1.82, 2.24) is 4.90 Å². The molecule has 0 radical (unpaired) electrons. The molecular weight excluding hydrogens is 172 g/mol. The summed E-state index contributed by atoms with van der Waals surface area (Å²) in [6.45, 7) is 5.23. The van der Waals surface area contributed by atoms with Gasteiger partial charge >= 0.3 is 0 Å². The van der Waals surface area contributed by atoms with Crippen LogP contribution in [0.25, 0.3) is 0 Å². The molecule has 0 unspecified atom stereocenters. The minimum Gasteiger partial charge on any atom is -0.380 e. The highest BCUT2D eigenvalue weighted by molar-refractivity contribution is 5.46. The first-order valence-electron chi connectivity index (χ1n) is 4.92. The number of hydrogen-bond acceptors (Lipinski definition) is 2. The SMILES string of the molecule is CCN(C)/C=C\Nc1ccc(C)cc1. The number of hydrogen-bond donors (Lipinski definition) is 1. The highest BCUT2D eigenvalue weighted by Crippen LogP contribution is 2.08. The van der Waals surface area contributed by atoms with Gasteiger partial charge in [0.05, 0.1) is 0 Å². The average Bonchev–Trinajstić information content (AvgIpc) is 2.21. The van der Waals surface area contributed by atoms with Crippen molar-refractivity contribution in [3.8, 4) is 0 Å². The first-order chi connectivity index (χ1) is 6.72. The van der Waals surface area contributed by atoms with Crippen molar-refractivity contribution >= 4 is 5.69 Å². The average molecular weight is 190 g/mol. The third-order valence-corrected chi connectivity index (χ3v) is 2.13. The van der Waals surface area contributed by atoms with Crippen LogP contribution < -0.4 is 5.32 Å². The summed E-state index contributed by atoms with van der Waals surface area (Å²) in [7, 11) is 2.05. The van der Waals surface area contributed by atoms with Gasteiger partial charge in [-0.3, -0.25) is 0 Å². The van der Waals surface area contributed by atoms with Crippen molar-refractivity contribution < 1.29 is 0 Å². The normalized spacial score (nSPS) is 10.5. The molecule has 0 aliphatic heterocycles. The Morgan fingerprint density at radius 3 is 2.50 bits per heavy atom. The Balaban J connectivity index is 2.45. The zero-order valence-corrected chi connectivity index (χ0v) is 9.12. The van der Waals surface area contributed by atoms with Crippen LogP contribution >= 0.6 is 0 Å². The van der Waals surface area contributed by atoms with Crippen molar-refractivity contribution in [2.75, 3.05) is 18.9 Å². The van der Waals surface area contributed by atoms with Gasteiger partial charge in [0.15, 0.2) is 0 Å². The standard InChI is InChI=1S/C12H18N2/c1-4-14(3)10-9-13-12-7-5-11(2)6-8-12/h5-10,13H,4H2,1-3H3/b10-9-. The molecule has 1 rings (SSSR count). The van der Waals surface area contributed by atoms with Crippen LogP contribution in [0.1, 0.15) is 12.5 Å². The van der Waals surface area contributed by atoms with Gasteiger partial charge in [0.2, 0.25) is 0 Å². The summed E-state index contributed by atoms with van der Waals surface area (Å²) in [6.07, 6.45) is 3.98. The van der Waals surface area contributed by atoms with Gasteiger partial charge in [-0.1, -0.05) is 17.7 Å². The molecule has 0 bridgehead atoms. The van der Waals surface area contributed by atoms with E-state index in [-0.39, 0.29) is 0 Å². The van der Waals surface area contributed by atoms with E-state index >= 15 is 0 Å². The molecule has 0 heterocycles. The van der Waals surface area contributed by atoms with Crippen LogP contribution in [-0.4, -0.2) is 18.5 Å². The van der Waals surface area contributed by atoms with Crippen LogP contribution in [0.5, 0.6) is 0 Å². The third kappa shape index (κ3) is 3.52. The predicted molar refractivity (Wildman–Crippen MR) is 62.2 cm³/mol. The number of benzene rings is 1. The summed E-state index contributed by atoms with van der Waals surface area (Å²) < 4.78 is 0. The predicted octanol–water partition coefficient (Wildman–Crippen LogP) is 2.83. The number of aryl methyl sites for hydroxylation is 1. The Hall–Kier alpha value is -1.44. The van der Waals surface area contributed by atoms with E-state index in [1.165, 1.54) is 5.56 Å². The minimum absolute atomic E-state index is 1.02. The first-order valence-corrected chi connectivity index (χ1v) is 4.92. The maximum absolute atomic E-state index is 3.21. The number of nitrogens with one attached hydrogen (secondary N) is 1. The fourth-order valence-corrected chi connectivity index (χ4v) is 1.02.